The summed E-state index contributed by atoms with van der Waals surface area (Å²) in [6, 6.07) is 24.9. The molecule has 2 amide bonds. The van der Waals surface area contributed by atoms with Crippen molar-refractivity contribution < 1.29 is 9.59 Å². The van der Waals surface area contributed by atoms with E-state index in [0.717, 1.165) is 21.0 Å². The van der Waals surface area contributed by atoms with Crippen LogP contribution in [0.15, 0.2) is 88.7 Å². The van der Waals surface area contributed by atoms with E-state index in [-0.39, 0.29) is 18.4 Å². The van der Waals surface area contributed by atoms with Crippen LogP contribution in [-0.4, -0.2) is 18.4 Å². The average Bonchev–Trinajstić information content (AvgIpc) is 2.82. The SMILES string of the molecule is O=C(CN1C(=O)c2ccccc2Sc2ccccc21)NCc1ccccc1. The van der Waals surface area contributed by atoms with Crippen LogP contribution >= 0.6 is 11.8 Å². The third-order valence-corrected chi connectivity index (χ3v) is 5.51. The lowest BCUT2D eigenvalue weighted by molar-refractivity contribution is -0.119. The fourth-order valence-corrected chi connectivity index (χ4v) is 4.10. The molecule has 0 aliphatic carbocycles. The lowest BCUT2D eigenvalue weighted by Crippen LogP contribution is -2.40. The molecule has 0 unspecified atom stereocenters. The minimum absolute atomic E-state index is 0.0163. The molecule has 3 aromatic carbocycles. The Morgan fingerprint density at radius 2 is 1.52 bits per heavy atom. The molecular weight excluding hydrogens is 356 g/mol. The second-order valence-corrected chi connectivity index (χ2v) is 7.30. The smallest absolute Gasteiger partial charge is 0.259 e. The highest BCUT2D eigenvalue weighted by Crippen LogP contribution is 2.40. The molecule has 27 heavy (non-hydrogen) atoms. The Morgan fingerprint density at radius 1 is 0.852 bits per heavy atom. The van der Waals surface area contributed by atoms with Crippen molar-refractivity contribution in [1.82, 2.24) is 5.32 Å². The van der Waals surface area contributed by atoms with Crippen molar-refractivity contribution in [2.75, 3.05) is 11.4 Å². The number of hydrogen-bond donors (Lipinski definition) is 1. The summed E-state index contributed by atoms with van der Waals surface area (Å²) >= 11 is 1.55. The van der Waals surface area contributed by atoms with Gasteiger partial charge in [-0.3, -0.25) is 14.5 Å². The Morgan fingerprint density at radius 3 is 2.33 bits per heavy atom. The van der Waals surface area contributed by atoms with Crippen molar-refractivity contribution in [2.45, 2.75) is 16.3 Å². The third kappa shape index (κ3) is 3.73. The summed E-state index contributed by atoms with van der Waals surface area (Å²) in [6.07, 6.45) is 0. The molecule has 0 saturated heterocycles. The van der Waals surface area contributed by atoms with Crippen LogP contribution in [0.4, 0.5) is 5.69 Å². The van der Waals surface area contributed by atoms with Gasteiger partial charge >= 0.3 is 0 Å². The van der Waals surface area contributed by atoms with E-state index >= 15 is 0 Å². The molecule has 1 aliphatic rings. The molecule has 5 heteroatoms. The van der Waals surface area contributed by atoms with E-state index in [9.17, 15) is 9.59 Å². The van der Waals surface area contributed by atoms with Crippen molar-refractivity contribution in [3.05, 3.63) is 90.0 Å². The van der Waals surface area contributed by atoms with Gasteiger partial charge in [0.05, 0.1) is 11.3 Å². The fraction of sp³-hybridized carbons (Fsp3) is 0.0909. The second kappa shape index (κ2) is 7.68. The lowest BCUT2D eigenvalue weighted by Gasteiger charge is -2.22. The Bertz CT molecular complexity index is 988. The molecule has 4 nitrogen and oxygen atoms in total. The van der Waals surface area contributed by atoms with Crippen molar-refractivity contribution in [3.63, 3.8) is 0 Å². The summed E-state index contributed by atoms with van der Waals surface area (Å²) in [4.78, 5) is 29.1. The monoisotopic (exact) mass is 374 g/mol. The molecule has 1 N–H and O–H groups in total. The van der Waals surface area contributed by atoms with Crippen LogP contribution in [0.25, 0.3) is 0 Å². The number of nitrogens with one attached hydrogen (secondary N) is 1. The van der Waals surface area contributed by atoms with Gasteiger partial charge < -0.3 is 5.32 Å². The zero-order valence-electron chi connectivity index (χ0n) is 14.6. The minimum atomic E-state index is -0.189. The molecule has 134 valence electrons. The van der Waals surface area contributed by atoms with Gasteiger partial charge in [-0.05, 0) is 29.8 Å². The van der Waals surface area contributed by atoms with Crippen LogP contribution in [0.3, 0.4) is 0 Å². The highest BCUT2D eigenvalue weighted by atomic mass is 32.2. The standard InChI is InChI=1S/C22H18N2O2S/c25-21(23-14-16-8-2-1-3-9-16)15-24-18-11-5-7-13-20(18)27-19-12-6-4-10-17(19)22(24)26/h1-13H,14-15H2,(H,23,25). The van der Waals surface area contributed by atoms with Gasteiger partial charge in [0.2, 0.25) is 5.91 Å². The molecule has 0 fully saturated rings. The van der Waals surface area contributed by atoms with Gasteiger partial charge in [0, 0.05) is 16.3 Å². The van der Waals surface area contributed by atoms with Gasteiger partial charge in [-0.15, -0.1) is 0 Å². The lowest BCUT2D eigenvalue weighted by atomic mass is 10.1. The number of carbonyl (C=O) groups is 2. The topological polar surface area (TPSA) is 49.4 Å². The highest BCUT2D eigenvalue weighted by molar-refractivity contribution is 7.99. The maximum Gasteiger partial charge on any atom is 0.259 e. The van der Waals surface area contributed by atoms with Crippen LogP contribution in [-0.2, 0) is 11.3 Å². The normalized spacial score (nSPS) is 12.7. The van der Waals surface area contributed by atoms with Gasteiger partial charge in [0.15, 0.2) is 0 Å². The van der Waals surface area contributed by atoms with Crippen LogP contribution in [0.1, 0.15) is 15.9 Å². The molecule has 0 aromatic heterocycles. The summed E-state index contributed by atoms with van der Waals surface area (Å²) in [6.45, 7) is 0.423. The van der Waals surface area contributed by atoms with Gasteiger partial charge in [-0.2, -0.15) is 0 Å². The zero-order chi connectivity index (χ0) is 18.6. The first kappa shape index (κ1) is 17.4. The molecular formula is C22H18N2O2S. The summed E-state index contributed by atoms with van der Waals surface area (Å²) in [5.74, 6) is -0.343. The maximum absolute atomic E-state index is 13.1. The predicted octanol–water partition coefficient (Wildman–Crippen LogP) is 4.11. The van der Waals surface area contributed by atoms with Gasteiger partial charge in [0.1, 0.15) is 6.54 Å². The summed E-state index contributed by atoms with van der Waals surface area (Å²) < 4.78 is 0. The first-order valence-corrected chi connectivity index (χ1v) is 9.52. The Balaban J connectivity index is 1.59. The minimum Gasteiger partial charge on any atom is -0.350 e. The molecule has 0 bridgehead atoms. The predicted molar refractivity (Wildman–Crippen MR) is 107 cm³/mol. The summed E-state index contributed by atoms with van der Waals surface area (Å²) in [5, 5.41) is 2.90. The van der Waals surface area contributed by atoms with Gasteiger partial charge in [-0.1, -0.05) is 66.4 Å². The van der Waals surface area contributed by atoms with E-state index in [0.29, 0.717) is 12.1 Å². The van der Waals surface area contributed by atoms with Crippen molar-refractivity contribution in [3.8, 4) is 0 Å². The number of hydrogen-bond acceptors (Lipinski definition) is 3. The van der Waals surface area contributed by atoms with E-state index in [1.165, 1.54) is 0 Å². The quantitative estimate of drug-likeness (QED) is 0.747. The van der Waals surface area contributed by atoms with E-state index in [1.54, 1.807) is 16.7 Å². The number of carbonyl (C=O) groups excluding carboxylic acids is 2. The number of benzene rings is 3. The van der Waals surface area contributed by atoms with Crippen LogP contribution in [0.5, 0.6) is 0 Å². The summed E-state index contributed by atoms with van der Waals surface area (Å²) in [7, 11) is 0. The Kier molecular flexibility index (Phi) is 4.94. The molecule has 0 saturated carbocycles. The van der Waals surface area contributed by atoms with Gasteiger partial charge in [-0.25, -0.2) is 0 Å². The third-order valence-electron chi connectivity index (χ3n) is 4.37. The average molecular weight is 374 g/mol. The summed E-state index contributed by atoms with van der Waals surface area (Å²) in [5.41, 5.74) is 2.41. The van der Waals surface area contributed by atoms with E-state index in [4.69, 9.17) is 0 Å². The number of amides is 2. The first-order valence-electron chi connectivity index (χ1n) is 8.71. The van der Waals surface area contributed by atoms with E-state index < -0.39 is 0 Å². The van der Waals surface area contributed by atoms with Crippen molar-refractivity contribution in [2.24, 2.45) is 0 Å². The van der Waals surface area contributed by atoms with Crippen molar-refractivity contribution in [1.29, 1.82) is 0 Å². The maximum atomic E-state index is 13.1. The van der Waals surface area contributed by atoms with Crippen LogP contribution < -0.4 is 10.2 Å². The number of anilines is 1. The van der Waals surface area contributed by atoms with Crippen LogP contribution in [0.2, 0.25) is 0 Å². The number of para-hydroxylation sites is 1. The number of nitrogens with zero attached hydrogens (tertiary/aromatic N) is 1. The Labute approximate surface area is 162 Å². The Hall–Kier alpha value is -3.05. The molecule has 4 rings (SSSR count). The largest absolute Gasteiger partial charge is 0.350 e. The molecule has 0 spiro atoms. The van der Waals surface area contributed by atoms with E-state index in [2.05, 4.69) is 5.32 Å². The van der Waals surface area contributed by atoms with Crippen molar-refractivity contribution >= 4 is 29.3 Å². The van der Waals surface area contributed by atoms with E-state index in [1.807, 2.05) is 78.9 Å². The number of rotatable bonds is 4. The zero-order valence-corrected chi connectivity index (χ0v) is 15.4. The fourth-order valence-electron chi connectivity index (χ4n) is 3.03. The first-order chi connectivity index (χ1) is 13.2. The number of fused-ring (bicyclic) bond motifs is 2. The molecule has 0 atom stereocenters. The molecule has 3 aromatic rings. The van der Waals surface area contributed by atoms with Crippen LogP contribution in [0, 0.1) is 0 Å². The highest BCUT2D eigenvalue weighted by Gasteiger charge is 2.28. The van der Waals surface area contributed by atoms with Gasteiger partial charge in [0.25, 0.3) is 5.91 Å². The molecule has 1 heterocycles. The molecule has 1 aliphatic heterocycles. The molecule has 0 radical (unpaired) electrons. The second-order valence-electron chi connectivity index (χ2n) is 6.22.